The highest BCUT2D eigenvalue weighted by atomic mass is 32.2. The van der Waals surface area contributed by atoms with Gasteiger partial charge in [-0.1, -0.05) is 49.1 Å². The van der Waals surface area contributed by atoms with Gasteiger partial charge in [0.15, 0.2) is 15.9 Å². The molecular weight excluding hydrogens is 449 g/mol. The fraction of sp³-hybridized carbons (Fsp3) is 0.455. The van der Waals surface area contributed by atoms with Crippen LogP contribution >= 0.6 is 23.1 Å². The van der Waals surface area contributed by atoms with Gasteiger partial charge in [-0.25, -0.2) is 9.37 Å². The van der Waals surface area contributed by atoms with Gasteiger partial charge in [0.2, 0.25) is 5.91 Å². The zero-order chi connectivity index (χ0) is 22.7. The molecule has 7 nitrogen and oxygen atoms in total. The maximum absolute atomic E-state index is 13.8. The summed E-state index contributed by atoms with van der Waals surface area (Å²) in [4.78, 5) is 37.0. The normalized spacial score (nSPS) is 14.8. The van der Waals surface area contributed by atoms with Gasteiger partial charge in [0, 0.05) is 19.6 Å². The molecule has 3 aromatic rings. The maximum Gasteiger partial charge on any atom is 0.273 e. The van der Waals surface area contributed by atoms with Crippen LogP contribution < -0.4 is 15.8 Å². The summed E-state index contributed by atoms with van der Waals surface area (Å²) in [5.41, 5.74) is 0.438. The quantitative estimate of drug-likeness (QED) is 0.404. The van der Waals surface area contributed by atoms with Crippen molar-refractivity contribution in [3.63, 3.8) is 0 Å². The van der Waals surface area contributed by atoms with E-state index < -0.39 is 5.82 Å². The van der Waals surface area contributed by atoms with E-state index in [1.165, 1.54) is 23.5 Å². The summed E-state index contributed by atoms with van der Waals surface area (Å²) in [6.07, 6.45) is 2.99. The number of thiazole rings is 1. The first kappa shape index (κ1) is 22.7. The SMILES string of the molecule is CCCn1c(SCC(=O)Nc2ccccc2F)nc2nc(N3CCC(C)CC3)sc2c1=O. The molecule has 1 fully saturated rings. The molecule has 0 spiro atoms. The molecule has 0 radical (unpaired) electrons. The molecule has 0 unspecified atom stereocenters. The van der Waals surface area contributed by atoms with E-state index in [0.29, 0.717) is 28.0 Å². The second-order valence-electron chi connectivity index (χ2n) is 7.99. The van der Waals surface area contributed by atoms with Crippen LogP contribution in [0.5, 0.6) is 0 Å². The van der Waals surface area contributed by atoms with Crippen LogP contribution in [0.25, 0.3) is 10.3 Å². The van der Waals surface area contributed by atoms with E-state index in [-0.39, 0.29) is 22.9 Å². The number of carbonyl (C=O) groups excluding carboxylic acids is 1. The van der Waals surface area contributed by atoms with Crippen LogP contribution in [-0.4, -0.2) is 39.3 Å². The molecule has 1 aromatic carbocycles. The van der Waals surface area contributed by atoms with Crippen molar-refractivity contribution >= 4 is 50.2 Å². The molecule has 170 valence electrons. The highest BCUT2D eigenvalue weighted by Gasteiger charge is 2.22. The lowest BCUT2D eigenvalue weighted by molar-refractivity contribution is -0.113. The second kappa shape index (κ2) is 9.99. The highest BCUT2D eigenvalue weighted by Crippen LogP contribution is 2.30. The fourth-order valence-electron chi connectivity index (χ4n) is 3.62. The third-order valence-corrected chi connectivity index (χ3v) is 7.52. The Morgan fingerprint density at radius 3 is 2.75 bits per heavy atom. The minimum absolute atomic E-state index is 0.0109. The lowest BCUT2D eigenvalue weighted by Gasteiger charge is -2.29. The first-order chi connectivity index (χ1) is 15.5. The largest absolute Gasteiger partial charge is 0.348 e. The summed E-state index contributed by atoms with van der Waals surface area (Å²) in [6, 6.07) is 6.02. The molecule has 3 heterocycles. The number of hydrogen-bond donors (Lipinski definition) is 1. The predicted molar refractivity (Wildman–Crippen MR) is 128 cm³/mol. The van der Waals surface area contributed by atoms with Crippen molar-refractivity contribution in [1.29, 1.82) is 0 Å². The number of aromatic nitrogens is 3. The topological polar surface area (TPSA) is 80.1 Å². The molecule has 32 heavy (non-hydrogen) atoms. The Hall–Kier alpha value is -2.46. The number of para-hydroxylation sites is 1. The molecular formula is C22H26FN5O2S2. The number of thioether (sulfide) groups is 1. The van der Waals surface area contributed by atoms with E-state index in [4.69, 9.17) is 0 Å². The molecule has 0 saturated carbocycles. The number of nitrogens with zero attached hydrogens (tertiary/aromatic N) is 4. The molecule has 0 bridgehead atoms. The summed E-state index contributed by atoms with van der Waals surface area (Å²) in [5.74, 6) is -0.134. The number of amides is 1. The van der Waals surface area contributed by atoms with Crippen LogP contribution in [0.3, 0.4) is 0 Å². The fourth-order valence-corrected chi connectivity index (χ4v) is 5.44. The summed E-state index contributed by atoms with van der Waals surface area (Å²) >= 11 is 2.56. The van der Waals surface area contributed by atoms with Crippen LogP contribution in [0.2, 0.25) is 0 Å². The zero-order valence-corrected chi connectivity index (χ0v) is 19.8. The Morgan fingerprint density at radius 2 is 2.03 bits per heavy atom. The van der Waals surface area contributed by atoms with Crippen LogP contribution in [0, 0.1) is 11.7 Å². The Balaban J connectivity index is 1.56. The number of nitrogens with one attached hydrogen (secondary N) is 1. The van der Waals surface area contributed by atoms with E-state index in [1.807, 2.05) is 6.92 Å². The number of piperidine rings is 1. The Bertz CT molecular complexity index is 1170. The van der Waals surface area contributed by atoms with Crippen molar-refractivity contribution in [2.45, 2.75) is 44.8 Å². The average Bonchev–Trinajstić information content (AvgIpc) is 3.21. The van der Waals surface area contributed by atoms with Gasteiger partial charge in [0.1, 0.15) is 10.5 Å². The van der Waals surface area contributed by atoms with Gasteiger partial charge in [-0.05, 0) is 37.3 Å². The minimum atomic E-state index is -0.490. The monoisotopic (exact) mass is 475 g/mol. The van der Waals surface area contributed by atoms with E-state index in [1.54, 1.807) is 16.7 Å². The van der Waals surface area contributed by atoms with Crippen molar-refractivity contribution in [1.82, 2.24) is 14.5 Å². The molecule has 0 aliphatic carbocycles. The maximum atomic E-state index is 13.8. The molecule has 1 aliphatic heterocycles. The second-order valence-corrected chi connectivity index (χ2v) is 9.91. The highest BCUT2D eigenvalue weighted by molar-refractivity contribution is 7.99. The third-order valence-electron chi connectivity index (χ3n) is 5.45. The summed E-state index contributed by atoms with van der Waals surface area (Å²) in [7, 11) is 0. The van der Waals surface area contributed by atoms with Gasteiger partial charge in [-0.3, -0.25) is 14.2 Å². The first-order valence-corrected chi connectivity index (χ1v) is 12.6. The molecule has 1 aliphatic rings. The van der Waals surface area contributed by atoms with Gasteiger partial charge in [-0.2, -0.15) is 4.98 Å². The van der Waals surface area contributed by atoms with Crippen LogP contribution in [0.1, 0.15) is 33.1 Å². The number of hydrogen-bond acceptors (Lipinski definition) is 7. The lowest BCUT2D eigenvalue weighted by atomic mass is 10.00. The van der Waals surface area contributed by atoms with Crippen molar-refractivity contribution in [2.75, 3.05) is 29.1 Å². The van der Waals surface area contributed by atoms with E-state index in [2.05, 4.69) is 27.1 Å². The number of fused-ring (bicyclic) bond motifs is 1. The zero-order valence-electron chi connectivity index (χ0n) is 18.1. The van der Waals surface area contributed by atoms with Crippen molar-refractivity contribution < 1.29 is 9.18 Å². The van der Waals surface area contributed by atoms with Gasteiger partial charge in [0.25, 0.3) is 5.56 Å². The van der Waals surface area contributed by atoms with Crippen molar-refractivity contribution in [3.05, 3.63) is 40.4 Å². The molecule has 1 saturated heterocycles. The molecule has 10 heteroatoms. The van der Waals surface area contributed by atoms with Crippen LogP contribution in [0.4, 0.5) is 15.2 Å². The first-order valence-electron chi connectivity index (χ1n) is 10.8. The number of rotatable bonds is 7. The van der Waals surface area contributed by atoms with Gasteiger partial charge < -0.3 is 10.2 Å². The number of carbonyl (C=O) groups is 1. The predicted octanol–water partition coefficient (Wildman–Crippen LogP) is 4.37. The van der Waals surface area contributed by atoms with E-state index >= 15 is 0 Å². The van der Waals surface area contributed by atoms with Gasteiger partial charge >= 0.3 is 0 Å². The Labute approximate surface area is 194 Å². The minimum Gasteiger partial charge on any atom is -0.348 e. The Morgan fingerprint density at radius 1 is 1.28 bits per heavy atom. The number of anilines is 2. The Kier molecular flexibility index (Phi) is 7.10. The standard InChI is InChI=1S/C22H26FN5O2S2/c1-3-10-28-20(30)18-19(25-21(32-18)27-11-8-14(2)9-12-27)26-22(28)31-13-17(29)24-16-7-5-4-6-15(16)23/h4-7,14H,3,8-13H2,1-2H3,(H,24,29). The number of halogens is 1. The molecule has 1 amide bonds. The third kappa shape index (κ3) is 4.96. The number of benzene rings is 1. The summed E-state index contributed by atoms with van der Waals surface area (Å²) in [6.45, 7) is 6.62. The van der Waals surface area contributed by atoms with Crippen molar-refractivity contribution in [3.8, 4) is 0 Å². The summed E-state index contributed by atoms with van der Waals surface area (Å²) in [5, 5.41) is 3.85. The summed E-state index contributed by atoms with van der Waals surface area (Å²) < 4.78 is 16.0. The lowest BCUT2D eigenvalue weighted by Crippen LogP contribution is -2.32. The van der Waals surface area contributed by atoms with Crippen molar-refractivity contribution in [2.24, 2.45) is 5.92 Å². The average molecular weight is 476 g/mol. The van der Waals surface area contributed by atoms with E-state index in [0.717, 1.165) is 49.2 Å². The van der Waals surface area contributed by atoms with E-state index in [9.17, 15) is 14.0 Å². The molecule has 2 aromatic heterocycles. The molecule has 1 N–H and O–H groups in total. The van der Waals surface area contributed by atoms with Gasteiger partial charge in [0.05, 0.1) is 11.4 Å². The molecule has 0 atom stereocenters. The van der Waals surface area contributed by atoms with Crippen LogP contribution in [-0.2, 0) is 11.3 Å². The smallest absolute Gasteiger partial charge is 0.273 e. The van der Waals surface area contributed by atoms with Crippen LogP contribution in [0.15, 0.2) is 34.2 Å². The van der Waals surface area contributed by atoms with Gasteiger partial charge in [-0.15, -0.1) is 0 Å². The molecule has 4 rings (SSSR count).